The van der Waals surface area contributed by atoms with E-state index in [1.807, 2.05) is 67.6 Å². The Balaban J connectivity index is 1.57. The van der Waals surface area contributed by atoms with Crippen LogP contribution in [0.3, 0.4) is 0 Å². The van der Waals surface area contributed by atoms with Gasteiger partial charge in [-0.2, -0.15) is 0 Å². The van der Waals surface area contributed by atoms with Gasteiger partial charge >= 0.3 is 0 Å². The van der Waals surface area contributed by atoms with Crippen LogP contribution in [0.25, 0.3) is 5.76 Å². The van der Waals surface area contributed by atoms with Crippen LogP contribution < -0.4 is 9.64 Å². The molecule has 1 N–H and O–H groups in total. The molecule has 0 spiro atoms. The first-order valence-electron chi connectivity index (χ1n) is 12.3. The van der Waals surface area contributed by atoms with Gasteiger partial charge < -0.3 is 9.84 Å². The molecule has 4 aromatic rings. The number of hydrogen-bond donors (Lipinski definition) is 1. The minimum atomic E-state index is -0.817. The number of hydrogen-bond acceptors (Lipinski definition) is 4. The first-order valence-corrected chi connectivity index (χ1v) is 12.6. The molecule has 0 saturated carbocycles. The van der Waals surface area contributed by atoms with Crippen molar-refractivity contribution >= 4 is 34.7 Å². The van der Waals surface area contributed by atoms with Crippen molar-refractivity contribution in [3.63, 3.8) is 0 Å². The Bertz CT molecular complexity index is 1550. The van der Waals surface area contributed by atoms with Crippen LogP contribution in [0.15, 0.2) is 103 Å². The van der Waals surface area contributed by atoms with Gasteiger partial charge in [-0.15, -0.1) is 0 Å². The van der Waals surface area contributed by atoms with Gasteiger partial charge in [0.25, 0.3) is 11.7 Å². The average molecular weight is 524 g/mol. The molecule has 0 bridgehead atoms. The third kappa shape index (κ3) is 4.69. The molecule has 0 aliphatic carbocycles. The maximum absolute atomic E-state index is 13.4. The number of carbonyl (C=O) groups excluding carboxylic acids is 2. The first-order chi connectivity index (χ1) is 18.4. The number of ketones is 1. The molecule has 1 aliphatic rings. The van der Waals surface area contributed by atoms with Crippen molar-refractivity contribution in [3.8, 4) is 5.75 Å². The van der Waals surface area contributed by atoms with Crippen molar-refractivity contribution < 1.29 is 19.4 Å². The minimum absolute atomic E-state index is 0.0259. The van der Waals surface area contributed by atoms with Gasteiger partial charge in [0.2, 0.25) is 0 Å². The van der Waals surface area contributed by atoms with E-state index in [4.69, 9.17) is 16.3 Å². The largest absolute Gasteiger partial charge is 0.507 e. The van der Waals surface area contributed by atoms with E-state index < -0.39 is 17.7 Å². The molecule has 5 rings (SSSR count). The van der Waals surface area contributed by atoms with Crippen LogP contribution >= 0.6 is 11.6 Å². The number of amides is 1. The second-order valence-corrected chi connectivity index (χ2v) is 9.63. The molecule has 38 heavy (non-hydrogen) atoms. The molecular formula is C32H26ClNO4. The van der Waals surface area contributed by atoms with Crippen LogP contribution in [0.2, 0.25) is 5.02 Å². The van der Waals surface area contributed by atoms with Crippen molar-refractivity contribution in [3.05, 3.63) is 135 Å². The summed E-state index contributed by atoms with van der Waals surface area (Å²) in [5, 5.41) is 11.9. The molecule has 1 unspecified atom stereocenters. The monoisotopic (exact) mass is 523 g/mol. The first kappa shape index (κ1) is 25.3. The summed E-state index contributed by atoms with van der Waals surface area (Å²) in [5.41, 5.74) is 4.18. The topological polar surface area (TPSA) is 66.8 Å². The van der Waals surface area contributed by atoms with E-state index in [0.29, 0.717) is 39.8 Å². The number of carbonyl (C=O) groups is 2. The normalized spacial score (nSPS) is 16.6. The Morgan fingerprint density at radius 2 is 1.58 bits per heavy atom. The fraction of sp³-hybridized carbons (Fsp3) is 0.125. The van der Waals surface area contributed by atoms with E-state index in [0.717, 1.165) is 11.1 Å². The zero-order valence-electron chi connectivity index (χ0n) is 21.0. The number of aliphatic hydroxyl groups excluding tert-OH is 1. The van der Waals surface area contributed by atoms with Crippen LogP contribution in [0.4, 0.5) is 5.69 Å². The minimum Gasteiger partial charge on any atom is -0.507 e. The van der Waals surface area contributed by atoms with Crippen LogP contribution in [0.5, 0.6) is 5.75 Å². The quantitative estimate of drug-likeness (QED) is 0.165. The zero-order chi connectivity index (χ0) is 26.8. The van der Waals surface area contributed by atoms with Gasteiger partial charge in [0, 0.05) is 16.3 Å². The van der Waals surface area contributed by atoms with Crippen molar-refractivity contribution in [2.75, 3.05) is 4.90 Å². The summed E-state index contributed by atoms with van der Waals surface area (Å²) >= 11 is 6.37. The zero-order valence-corrected chi connectivity index (χ0v) is 21.8. The van der Waals surface area contributed by atoms with Gasteiger partial charge in [0.1, 0.15) is 18.1 Å². The molecule has 1 amide bonds. The Hall–Kier alpha value is -4.35. The van der Waals surface area contributed by atoms with E-state index in [-0.39, 0.29) is 11.3 Å². The van der Waals surface area contributed by atoms with E-state index in [2.05, 4.69) is 0 Å². The number of benzene rings is 4. The molecule has 0 aromatic heterocycles. The third-order valence-electron chi connectivity index (χ3n) is 6.74. The van der Waals surface area contributed by atoms with Gasteiger partial charge in [0.05, 0.1) is 11.6 Å². The highest BCUT2D eigenvalue weighted by molar-refractivity contribution is 6.52. The summed E-state index contributed by atoms with van der Waals surface area (Å²) in [6.45, 7) is 4.08. The Morgan fingerprint density at radius 3 is 2.26 bits per heavy atom. The van der Waals surface area contributed by atoms with E-state index in [1.54, 1.807) is 43.3 Å². The number of aliphatic hydroxyl groups is 1. The predicted molar refractivity (Wildman–Crippen MR) is 149 cm³/mol. The number of anilines is 1. The maximum Gasteiger partial charge on any atom is 0.300 e. The molecular weight excluding hydrogens is 498 g/mol. The number of ether oxygens (including phenoxy) is 1. The molecule has 1 fully saturated rings. The van der Waals surface area contributed by atoms with Crippen LogP contribution in [-0.2, 0) is 16.2 Å². The standard InChI is InChI=1S/C32H26ClNO4/c1-20-18-24(16-17-27(20)38-19-22-10-5-3-6-11-22)30(35)28-29(23-12-7-4-8-13-23)34(32(37)31(28)36)26-15-9-14-25(33)21(26)2/h3-18,29,35H,19H2,1-2H3/b30-28+. The average Bonchev–Trinajstić information content (AvgIpc) is 3.20. The van der Waals surface area contributed by atoms with Crippen LogP contribution in [-0.4, -0.2) is 16.8 Å². The van der Waals surface area contributed by atoms with Gasteiger partial charge in [-0.05, 0) is 66.4 Å². The second-order valence-electron chi connectivity index (χ2n) is 9.22. The lowest BCUT2D eigenvalue weighted by atomic mass is 9.94. The Labute approximate surface area is 226 Å². The molecule has 1 aliphatic heterocycles. The van der Waals surface area contributed by atoms with Crippen molar-refractivity contribution in [2.24, 2.45) is 0 Å². The Kier molecular flexibility index (Phi) is 7.03. The SMILES string of the molecule is Cc1cc(/C(O)=C2\C(=O)C(=O)N(c3cccc(Cl)c3C)C2c2ccccc2)ccc1OCc1ccccc1. The number of aryl methyl sites for hydroxylation is 1. The lowest BCUT2D eigenvalue weighted by Gasteiger charge is -2.27. The van der Waals surface area contributed by atoms with Gasteiger partial charge in [0.15, 0.2) is 0 Å². The molecule has 4 aromatic carbocycles. The summed E-state index contributed by atoms with van der Waals surface area (Å²) in [5.74, 6) is -1.04. The number of halogens is 1. The van der Waals surface area contributed by atoms with Crippen LogP contribution in [0.1, 0.15) is 33.9 Å². The number of Topliss-reactive ketones (excluding diaryl/α,β-unsaturated/α-hetero) is 1. The van der Waals surface area contributed by atoms with Crippen LogP contribution in [0, 0.1) is 13.8 Å². The predicted octanol–water partition coefficient (Wildman–Crippen LogP) is 7.16. The number of rotatable bonds is 6. The van der Waals surface area contributed by atoms with Gasteiger partial charge in [-0.25, -0.2) is 0 Å². The molecule has 1 heterocycles. The summed E-state index contributed by atoms with van der Waals surface area (Å²) < 4.78 is 5.97. The highest BCUT2D eigenvalue weighted by Gasteiger charge is 2.47. The van der Waals surface area contributed by atoms with E-state index >= 15 is 0 Å². The highest BCUT2D eigenvalue weighted by Crippen LogP contribution is 2.44. The summed E-state index contributed by atoms with van der Waals surface area (Å²) in [6.07, 6.45) is 0. The fourth-order valence-corrected chi connectivity index (χ4v) is 4.91. The van der Waals surface area contributed by atoms with Gasteiger partial charge in [-0.1, -0.05) is 78.3 Å². The summed E-state index contributed by atoms with van der Waals surface area (Å²) in [6, 6.07) is 28.7. The van der Waals surface area contributed by atoms with E-state index in [1.165, 1.54) is 4.90 Å². The van der Waals surface area contributed by atoms with Gasteiger partial charge in [-0.3, -0.25) is 14.5 Å². The lowest BCUT2D eigenvalue weighted by molar-refractivity contribution is -0.132. The summed E-state index contributed by atoms with van der Waals surface area (Å²) in [7, 11) is 0. The van der Waals surface area contributed by atoms with Crippen molar-refractivity contribution in [1.29, 1.82) is 0 Å². The molecule has 1 atom stereocenters. The van der Waals surface area contributed by atoms with Crippen molar-refractivity contribution in [1.82, 2.24) is 0 Å². The van der Waals surface area contributed by atoms with Crippen molar-refractivity contribution in [2.45, 2.75) is 26.5 Å². The molecule has 190 valence electrons. The lowest BCUT2D eigenvalue weighted by Crippen LogP contribution is -2.30. The fourth-order valence-electron chi connectivity index (χ4n) is 4.74. The number of nitrogens with zero attached hydrogens (tertiary/aromatic N) is 1. The van der Waals surface area contributed by atoms with E-state index in [9.17, 15) is 14.7 Å². The molecule has 5 nitrogen and oxygen atoms in total. The smallest absolute Gasteiger partial charge is 0.300 e. The molecule has 0 radical (unpaired) electrons. The maximum atomic E-state index is 13.4. The second kappa shape index (κ2) is 10.6. The highest BCUT2D eigenvalue weighted by atomic mass is 35.5. The molecule has 6 heteroatoms. The third-order valence-corrected chi connectivity index (χ3v) is 7.15. The summed E-state index contributed by atoms with van der Waals surface area (Å²) in [4.78, 5) is 28.3. The Morgan fingerprint density at radius 1 is 0.895 bits per heavy atom. The molecule has 1 saturated heterocycles.